The van der Waals surface area contributed by atoms with Crippen molar-refractivity contribution < 1.29 is 4.79 Å². The van der Waals surface area contributed by atoms with E-state index in [4.69, 9.17) is 11.6 Å². The van der Waals surface area contributed by atoms with Gasteiger partial charge in [-0.3, -0.25) is 4.79 Å². The molecule has 0 spiro atoms. The molecular weight excluding hydrogens is 160 g/mol. The van der Waals surface area contributed by atoms with Crippen LogP contribution in [0, 0.1) is 0 Å². The summed E-state index contributed by atoms with van der Waals surface area (Å²) < 4.78 is 0. The summed E-state index contributed by atoms with van der Waals surface area (Å²) in [5, 5.41) is -0.480. The third-order valence-electron chi connectivity index (χ3n) is 1.54. The summed E-state index contributed by atoms with van der Waals surface area (Å²) in [6, 6.07) is 0. The van der Waals surface area contributed by atoms with Gasteiger partial charge in [0, 0.05) is 6.42 Å². The number of alkyl halides is 1. The molecule has 1 atom stereocenters. The van der Waals surface area contributed by atoms with Gasteiger partial charge in [-0.2, -0.15) is 0 Å². The summed E-state index contributed by atoms with van der Waals surface area (Å²) in [5.41, 5.74) is 0. The maximum atomic E-state index is 11.0. The summed E-state index contributed by atoms with van der Waals surface area (Å²) in [6.45, 7) is 5.56. The van der Waals surface area contributed by atoms with Crippen LogP contribution in [0.15, 0.2) is 12.7 Å². The molecule has 0 saturated heterocycles. The van der Waals surface area contributed by atoms with Crippen molar-refractivity contribution in [2.75, 3.05) is 0 Å². The molecule has 0 rings (SSSR count). The Morgan fingerprint density at radius 2 is 2.27 bits per heavy atom. The molecule has 11 heavy (non-hydrogen) atoms. The largest absolute Gasteiger partial charge is 0.298 e. The lowest BCUT2D eigenvalue weighted by Crippen LogP contribution is -2.10. The van der Waals surface area contributed by atoms with Gasteiger partial charge < -0.3 is 0 Å². The highest BCUT2D eigenvalue weighted by Crippen LogP contribution is 2.06. The van der Waals surface area contributed by atoms with Crippen molar-refractivity contribution in [3.8, 4) is 0 Å². The summed E-state index contributed by atoms with van der Waals surface area (Å²) >= 11 is 5.63. The van der Waals surface area contributed by atoms with Gasteiger partial charge in [-0.25, -0.2) is 0 Å². The first-order valence-corrected chi connectivity index (χ1v) is 4.45. The van der Waals surface area contributed by atoms with E-state index in [2.05, 4.69) is 13.5 Å². The number of Topliss-reactive ketones (excluding diaryl/α,β-unsaturated/α-hetero) is 1. The lowest BCUT2D eigenvalue weighted by molar-refractivity contribution is -0.118. The molecule has 0 aliphatic rings. The van der Waals surface area contributed by atoms with Crippen LogP contribution in [0.4, 0.5) is 0 Å². The molecule has 0 aliphatic heterocycles. The number of hydrogen-bond donors (Lipinski definition) is 0. The number of carbonyl (C=O) groups excluding carboxylic acids is 1. The molecule has 0 aromatic rings. The zero-order valence-electron chi connectivity index (χ0n) is 6.98. The number of rotatable bonds is 6. The van der Waals surface area contributed by atoms with Crippen molar-refractivity contribution in [2.24, 2.45) is 0 Å². The number of ketones is 1. The second-order valence-corrected chi connectivity index (χ2v) is 3.03. The number of allylic oxidation sites excluding steroid dienone is 1. The van der Waals surface area contributed by atoms with Crippen LogP contribution in [-0.2, 0) is 4.79 Å². The minimum atomic E-state index is -0.480. The van der Waals surface area contributed by atoms with Gasteiger partial charge in [0.1, 0.15) is 5.38 Å². The summed E-state index contributed by atoms with van der Waals surface area (Å²) in [5.74, 6) is 0.0927. The molecule has 1 nitrogen and oxygen atoms in total. The zero-order chi connectivity index (χ0) is 8.69. The number of unbranched alkanes of at least 4 members (excludes halogenated alkanes) is 2. The Hall–Kier alpha value is -0.300. The second-order valence-electron chi connectivity index (χ2n) is 2.56. The quantitative estimate of drug-likeness (QED) is 0.344. The molecule has 0 N–H and O–H groups in total. The zero-order valence-corrected chi connectivity index (χ0v) is 7.73. The Bertz CT molecular complexity index is 132. The molecule has 0 saturated carbocycles. The summed E-state index contributed by atoms with van der Waals surface area (Å²) in [7, 11) is 0. The molecule has 64 valence electrons. The predicted octanol–water partition coefficient (Wildman–Crippen LogP) is 2.93. The Balaban J connectivity index is 3.44. The van der Waals surface area contributed by atoms with Crippen LogP contribution in [0.5, 0.6) is 0 Å². The number of hydrogen-bond acceptors (Lipinski definition) is 1. The first-order chi connectivity index (χ1) is 5.22. The van der Waals surface area contributed by atoms with E-state index < -0.39 is 5.38 Å². The average molecular weight is 175 g/mol. The van der Waals surface area contributed by atoms with Gasteiger partial charge in [0.25, 0.3) is 0 Å². The van der Waals surface area contributed by atoms with Crippen molar-refractivity contribution in [3.05, 3.63) is 12.7 Å². The third kappa shape index (κ3) is 5.02. The van der Waals surface area contributed by atoms with Gasteiger partial charge in [0.05, 0.1) is 0 Å². The maximum Gasteiger partial charge on any atom is 0.154 e. The van der Waals surface area contributed by atoms with Gasteiger partial charge in [0.2, 0.25) is 0 Å². The third-order valence-corrected chi connectivity index (χ3v) is 1.96. The van der Waals surface area contributed by atoms with E-state index in [1.54, 1.807) is 0 Å². The number of halogens is 1. The smallest absolute Gasteiger partial charge is 0.154 e. The Morgan fingerprint density at radius 3 is 2.73 bits per heavy atom. The predicted molar refractivity (Wildman–Crippen MR) is 49.0 cm³/mol. The van der Waals surface area contributed by atoms with E-state index in [0.29, 0.717) is 6.42 Å². The first-order valence-electron chi connectivity index (χ1n) is 4.01. The topological polar surface area (TPSA) is 17.1 Å². The number of carbonyl (C=O) groups is 1. The van der Waals surface area contributed by atoms with E-state index in [9.17, 15) is 4.79 Å². The van der Waals surface area contributed by atoms with Gasteiger partial charge >= 0.3 is 0 Å². The molecule has 0 radical (unpaired) electrons. The molecular formula is C9H15ClO. The molecule has 0 aliphatic carbocycles. The van der Waals surface area contributed by atoms with Crippen LogP contribution in [0.3, 0.4) is 0 Å². The molecule has 0 amide bonds. The lowest BCUT2D eigenvalue weighted by atomic mass is 10.1. The van der Waals surface area contributed by atoms with Gasteiger partial charge in [-0.1, -0.05) is 25.8 Å². The van der Waals surface area contributed by atoms with Crippen LogP contribution in [-0.4, -0.2) is 11.2 Å². The summed E-state index contributed by atoms with van der Waals surface area (Å²) in [4.78, 5) is 11.0. The fourth-order valence-electron chi connectivity index (χ4n) is 0.819. The molecule has 2 heteroatoms. The maximum absolute atomic E-state index is 11.0. The van der Waals surface area contributed by atoms with E-state index in [-0.39, 0.29) is 5.78 Å². The van der Waals surface area contributed by atoms with Gasteiger partial charge in [-0.15, -0.1) is 18.2 Å². The minimum Gasteiger partial charge on any atom is -0.298 e. The Labute approximate surface area is 73.4 Å². The molecule has 1 unspecified atom stereocenters. The van der Waals surface area contributed by atoms with Crippen molar-refractivity contribution in [3.63, 3.8) is 0 Å². The monoisotopic (exact) mass is 174 g/mol. The minimum absolute atomic E-state index is 0.0927. The molecule has 0 aromatic carbocycles. The average Bonchev–Trinajstić information content (AvgIpc) is 2.03. The SMILES string of the molecule is C=CC(Cl)C(=O)CCCCC. The van der Waals surface area contributed by atoms with E-state index in [0.717, 1.165) is 19.3 Å². The van der Waals surface area contributed by atoms with Crippen LogP contribution < -0.4 is 0 Å². The molecule has 0 bridgehead atoms. The fraction of sp³-hybridized carbons (Fsp3) is 0.667. The van der Waals surface area contributed by atoms with E-state index >= 15 is 0 Å². The van der Waals surface area contributed by atoms with Crippen LogP contribution in [0.2, 0.25) is 0 Å². The Kier molecular flexibility index (Phi) is 6.24. The van der Waals surface area contributed by atoms with E-state index in [1.165, 1.54) is 6.08 Å². The Morgan fingerprint density at radius 1 is 1.64 bits per heavy atom. The molecule has 0 fully saturated rings. The van der Waals surface area contributed by atoms with Crippen molar-refractivity contribution >= 4 is 17.4 Å². The van der Waals surface area contributed by atoms with Crippen LogP contribution in [0.1, 0.15) is 32.6 Å². The van der Waals surface area contributed by atoms with Crippen LogP contribution in [0.25, 0.3) is 0 Å². The highest BCUT2D eigenvalue weighted by Gasteiger charge is 2.09. The lowest BCUT2D eigenvalue weighted by Gasteiger charge is -2.01. The highest BCUT2D eigenvalue weighted by atomic mass is 35.5. The fourth-order valence-corrected chi connectivity index (χ4v) is 0.928. The first kappa shape index (κ1) is 10.7. The molecule has 0 heterocycles. The molecule has 0 aromatic heterocycles. The highest BCUT2D eigenvalue weighted by molar-refractivity contribution is 6.32. The standard InChI is InChI=1S/C9H15ClO/c1-3-5-6-7-9(11)8(10)4-2/h4,8H,2-3,5-7H2,1H3. The normalized spacial score (nSPS) is 12.5. The van der Waals surface area contributed by atoms with Crippen molar-refractivity contribution in [1.82, 2.24) is 0 Å². The van der Waals surface area contributed by atoms with Gasteiger partial charge in [0.15, 0.2) is 5.78 Å². The summed E-state index contributed by atoms with van der Waals surface area (Å²) in [6.07, 6.45) is 5.26. The van der Waals surface area contributed by atoms with Crippen LogP contribution >= 0.6 is 11.6 Å². The van der Waals surface area contributed by atoms with Crippen molar-refractivity contribution in [2.45, 2.75) is 38.0 Å². The second kappa shape index (κ2) is 6.41. The van der Waals surface area contributed by atoms with E-state index in [1.807, 2.05) is 0 Å². The van der Waals surface area contributed by atoms with Crippen molar-refractivity contribution in [1.29, 1.82) is 0 Å². The van der Waals surface area contributed by atoms with Gasteiger partial charge in [-0.05, 0) is 6.42 Å².